The first-order valence-electron chi connectivity index (χ1n) is 6.60. The molecule has 2 unspecified atom stereocenters. The third-order valence-electron chi connectivity index (χ3n) is 3.97. The molecule has 1 fully saturated rings. The van der Waals surface area contributed by atoms with Crippen molar-refractivity contribution in [1.29, 1.82) is 0 Å². The predicted octanol–water partition coefficient (Wildman–Crippen LogP) is 3.00. The van der Waals surface area contributed by atoms with E-state index in [0.29, 0.717) is 5.78 Å². The molecule has 2 heteroatoms. The van der Waals surface area contributed by atoms with E-state index < -0.39 is 0 Å². The summed E-state index contributed by atoms with van der Waals surface area (Å²) in [7, 11) is 0. The molecular formula is C15H18O2. The van der Waals surface area contributed by atoms with Crippen LogP contribution in [-0.2, 0) is 11.2 Å². The van der Waals surface area contributed by atoms with Crippen molar-refractivity contribution in [3.05, 3.63) is 35.4 Å². The molecule has 1 saturated heterocycles. The smallest absolute Gasteiger partial charge is 0.169 e. The van der Waals surface area contributed by atoms with Crippen molar-refractivity contribution in [1.82, 2.24) is 0 Å². The minimum absolute atomic E-state index is 0.0745. The first kappa shape index (κ1) is 11.0. The third-order valence-corrected chi connectivity index (χ3v) is 3.97. The van der Waals surface area contributed by atoms with Gasteiger partial charge in [0.1, 0.15) is 0 Å². The van der Waals surface area contributed by atoms with E-state index in [4.69, 9.17) is 4.74 Å². The van der Waals surface area contributed by atoms with Gasteiger partial charge in [0.05, 0.1) is 12.0 Å². The number of ether oxygens (including phenoxy) is 1. The molecule has 2 atom stereocenters. The Hall–Kier alpha value is -1.15. The average Bonchev–Trinajstić information content (AvgIpc) is 2.57. The molecule has 0 radical (unpaired) electrons. The second-order valence-corrected chi connectivity index (χ2v) is 5.09. The molecule has 1 heterocycles. The zero-order valence-corrected chi connectivity index (χ0v) is 10.0. The van der Waals surface area contributed by atoms with E-state index in [1.54, 1.807) is 0 Å². The number of carbonyl (C=O) groups excluding carboxylic acids is 1. The quantitative estimate of drug-likeness (QED) is 0.741. The van der Waals surface area contributed by atoms with E-state index in [1.165, 1.54) is 18.4 Å². The second-order valence-electron chi connectivity index (χ2n) is 5.09. The number of hydrogen-bond acceptors (Lipinski definition) is 2. The summed E-state index contributed by atoms with van der Waals surface area (Å²) >= 11 is 0. The van der Waals surface area contributed by atoms with Gasteiger partial charge in [-0.05, 0) is 24.8 Å². The molecule has 2 aliphatic rings. The Morgan fingerprint density at radius 3 is 2.88 bits per heavy atom. The van der Waals surface area contributed by atoms with Gasteiger partial charge in [0.2, 0.25) is 0 Å². The zero-order chi connectivity index (χ0) is 11.7. The van der Waals surface area contributed by atoms with E-state index in [0.717, 1.165) is 31.4 Å². The summed E-state index contributed by atoms with van der Waals surface area (Å²) < 4.78 is 5.87. The van der Waals surface area contributed by atoms with Crippen molar-refractivity contribution in [3.63, 3.8) is 0 Å². The minimum Gasteiger partial charge on any atom is -0.377 e. The first-order chi connectivity index (χ1) is 8.36. The summed E-state index contributed by atoms with van der Waals surface area (Å²) in [5.74, 6) is 0.373. The molecule has 90 valence electrons. The molecule has 1 aromatic carbocycles. The maximum atomic E-state index is 12.3. The zero-order valence-electron chi connectivity index (χ0n) is 10.0. The van der Waals surface area contributed by atoms with Crippen molar-refractivity contribution < 1.29 is 9.53 Å². The Balaban J connectivity index is 1.80. The highest BCUT2D eigenvalue weighted by molar-refractivity contribution is 6.02. The normalized spacial score (nSPS) is 28.8. The molecule has 3 rings (SSSR count). The van der Waals surface area contributed by atoms with Gasteiger partial charge in [-0.2, -0.15) is 0 Å². The highest BCUT2D eigenvalue weighted by Gasteiger charge is 2.36. The van der Waals surface area contributed by atoms with Crippen LogP contribution in [0, 0.1) is 5.92 Å². The van der Waals surface area contributed by atoms with Gasteiger partial charge in [-0.3, -0.25) is 4.79 Å². The van der Waals surface area contributed by atoms with E-state index in [2.05, 4.69) is 6.07 Å². The summed E-state index contributed by atoms with van der Waals surface area (Å²) in [6.45, 7) is 0.824. The van der Waals surface area contributed by atoms with Crippen LogP contribution in [0.5, 0.6) is 0 Å². The lowest BCUT2D eigenvalue weighted by Crippen LogP contribution is -2.28. The van der Waals surface area contributed by atoms with Crippen molar-refractivity contribution in [3.8, 4) is 0 Å². The van der Waals surface area contributed by atoms with Gasteiger partial charge in [0.15, 0.2) is 5.78 Å². The van der Waals surface area contributed by atoms with Gasteiger partial charge in [-0.25, -0.2) is 0 Å². The third kappa shape index (κ3) is 2.02. The van der Waals surface area contributed by atoms with Crippen LogP contribution in [0.3, 0.4) is 0 Å². The molecule has 0 spiro atoms. The van der Waals surface area contributed by atoms with Crippen LogP contribution in [0.15, 0.2) is 24.3 Å². The highest BCUT2D eigenvalue weighted by atomic mass is 16.5. The van der Waals surface area contributed by atoms with Crippen LogP contribution >= 0.6 is 0 Å². The van der Waals surface area contributed by atoms with Crippen molar-refractivity contribution in [2.45, 2.75) is 38.2 Å². The first-order valence-corrected chi connectivity index (χ1v) is 6.60. The number of rotatable bonds is 1. The van der Waals surface area contributed by atoms with Gasteiger partial charge in [-0.1, -0.05) is 37.1 Å². The average molecular weight is 230 g/mol. The fraction of sp³-hybridized carbons (Fsp3) is 0.533. The molecule has 1 aliphatic carbocycles. The molecule has 1 aliphatic heterocycles. The van der Waals surface area contributed by atoms with Crippen LogP contribution in [0.25, 0.3) is 0 Å². The Labute approximate surface area is 102 Å². The lowest BCUT2D eigenvalue weighted by molar-refractivity contribution is 0.0204. The SMILES string of the molecule is O=C1c2ccccc2CC1C1CCCCCO1. The Morgan fingerprint density at radius 2 is 2.00 bits per heavy atom. The van der Waals surface area contributed by atoms with Crippen LogP contribution in [0.1, 0.15) is 41.6 Å². The number of fused-ring (bicyclic) bond motifs is 1. The molecular weight excluding hydrogens is 212 g/mol. The number of benzene rings is 1. The van der Waals surface area contributed by atoms with Crippen molar-refractivity contribution in [2.24, 2.45) is 5.92 Å². The molecule has 2 nitrogen and oxygen atoms in total. The summed E-state index contributed by atoms with van der Waals surface area (Å²) in [5.41, 5.74) is 2.13. The van der Waals surface area contributed by atoms with E-state index in [1.807, 2.05) is 18.2 Å². The van der Waals surface area contributed by atoms with Crippen LogP contribution < -0.4 is 0 Å². The minimum atomic E-state index is 0.0745. The summed E-state index contributed by atoms with van der Waals surface area (Å²) in [4.78, 5) is 12.3. The molecule has 0 saturated carbocycles. The van der Waals surface area contributed by atoms with Crippen LogP contribution in [-0.4, -0.2) is 18.5 Å². The lowest BCUT2D eigenvalue weighted by atomic mass is 9.94. The highest BCUT2D eigenvalue weighted by Crippen LogP contribution is 2.32. The summed E-state index contributed by atoms with van der Waals surface area (Å²) in [6.07, 6.45) is 5.65. The summed E-state index contributed by atoms with van der Waals surface area (Å²) in [6, 6.07) is 7.99. The molecule has 0 N–H and O–H groups in total. The standard InChI is InChI=1S/C15H18O2/c16-15-12-7-4-3-6-11(12)10-13(15)14-8-2-1-5-9-17-14/h3-4,6-7,13-14H,1-2,5,8-10H2. The Morgan fingerprint density at radius 1 is 1.12 bits per heavy atom. The Bertz CT molecular complexity index is 417. The summed E-state index contributed by atoms with van der Waals surface area (Å²) in [5, 5.41) is 0. The molecule has 1 aromatic rings. The largest absolute Gasteiger partial charge is 0.377 e. The Kier molecular flexibility index (Phi) is 2.98. The van der Waals surface area contributed by atoms with E-state index in [9.17, 15) is 4.79 Å². The molecule has 17 heavy (non-hydrogen) atoms. The number of ketones is 1. The molecule has 0 aromatic heterocycles. The van der Waals surface area contributed by atoms with Gasteiger partial charge in [-0.15, -0.1) is 0 Å². The van der Waals surface area contributed by atoms with Gasteiger partial charge in [0.25, 0.3) is 0 Å². The van der Waals surface area contributed by atoms with Crippen molar-refractivity contribution in [2.75, 3.05) is 6.61 Å². The maximum absolute atomic E-state index is 12.3. The fourth-order valence-electron chi connectivity index (χ4n) is 3.03. The lowest BCUT2D eigenvalue weighted by Gasteiger charge is -2.20. The van der Waals surface area contributed by atoms with Crippen LogP contribution in [0.2, 0.25) is 0 Å². The van der Waals surface area contributed by atoms with Crippen molar-refractivity contribution >= 4 is 5.78 Å². The number of Topliss-reactive ketones (excluding diaryl/α,β-unsaturated/α-hetero) is 1. The topological polar surface area (TPSA) is 26.3 Å². The van der Waals surface area contributed by atoms with E-state index >= 15 is 0 Å². The van der Waals surface area contributed by atoms with Crippen LogP contribution in [0.4, 0.5) is 0 Å². The van der Waals surface area contributed by atoms with Gasteiger partial charge in [0, 0.05) is 12.2 Å². The predicted molar refractivity (Wildman–Crippen MR) is 66.2 cm³/mol. The monoisotopic (exact) mass is 230 g/mol. The van der Waals surface area contributed by atoms with Gasteiger partial charge >= 0.3 is 0 Å². The fourth-order valence-corrected chi connectivity index (χ4v) is 3.03. The maximum Gasteiger partial charge on any atom is 0.169 e. The number of hydrogen-bond donors (Lipinski definition) is 0. The van der Waals surface area contributed by atoms with Gasteiger partial charge < -0.3 is 4.74 Å². The molecule has 0 amide bonds. The molecule has 0 bridgehead atoms. The number of carbonyl (C=O) groups is 1. The second kappa shape index (κ2) is 4.61. The van der Waals surface area contributed by atoms with E-state index in [-0.39, 0.29) is 12.0 Å².